The van der Waals surface area contributed by atoms with Gasteiger partial charge in [0.25, 0.3) is 0 Å². The number of benzene rings is 1. The summed E-state index contributed by atoms with van der Waals surface area (Å²) in [6.45, 7) is 5.88. The molecule has 0 bridgehead atoms. The Kier molecular flexibility index (Phi) is 6.74. The zero-order valence-electron chi connectivity index (χ0n) is 20.5. The number of pyridine rings is 1. The zero-order chi connectivity index (χ0) is 24.7. The third-order valence-electron chi connectivity index (χ3n) is 6.82. The summed E-state index contributed by atoms with van der Waals surface area (Å²) in [7, 11) is 1.14. The Morgan fingerprint density at radius 3 is 2.51 bits per heavy atom. The van der Waals surface area contributed by atoms with Crippen LogP contribution in [0, 0.1) is 12.7 Å². The first kappa shape index (κ1) is 24.1. The van der Waals surface area contributed by atoms with Gasteiger partial charge in [0, 0.05) is 43.0 Å². The van der Waals surface area contributed by atoms with Crippen molar-refractivity contribution in [3.63, 3.8) is 0 Å². The number of nitrogens with zero attached hydrogens (tertiary/aromatic N) is 5. The van der Waals surface area contributed by atoms with E-state index >= 15 is 0 Å². The average molecular weight is 512 g/mol. The van der Waals surface area contributed by atoms with Crippen LogP contribution in [0.4, 0.5) is 15.3 Å². The minimum Gasteiger partial charge on any atom is -0.305 e. The standard InChI is InChI=1S/C26H30FN5OS2/c1-5-22-25(30(3)26-29-24(17(2)34-26)19-6-9-21(27)10-7-19)32-16-20(8-11-23(32)28-22)18-12-14-31(15-13-18)35(4)33/h6-11,16,18H,5,12-15H2,1-4H3. The number of hydrogen-bond donors (Lipinski definition) is 0. The molecular formula is C26H30FN5OS2. The first-order valence-corrected chi connectivity index (χ1v) is 14.2. The quantitative estimate of drug-likeness (QED) is 0.333. The Bertz CT molecular complexity index is 1370. The van der Waals surface area contributed by atoms with E-state index in [2.05, 4.69) is 41.5 Å². The summed E-state index contributed by atoms with van der Waals surface area (Å²) >= 11 is 1.63. The number of hydrogen-bond acceptors (Lipinski definition) is 5. The number of anilines is 2. The van der Waals surface area contributed by atoms with Crippen molar-refractivity contribution in [2.75, 3.05) is 31.3 Å². The van der Waals surface area contributed by atoms with E-state index in [1.807, 2.05) is 11.4 Å². The second kappa shape index (κ2) is 9.79. The highest BCUT2D eigenvalue weighted by molar-refractivity contribution is 7.81. The van der Waals surface area contributed by atoms with Gasteiger partial charge in [-0.25, -0.2) is 22.9 Å². The van der Waals surface area contributed by atoms with Gasteiger partial charge in [-0.15, -0.1) is 11.3 Å². The Hall–Kier alpha value is -2.62. The second-order valence-electron chi connectivity index (χ2n) is 9.02. The van der Waals surface area contributed by atoms with Crippen LogP contribution in [0.5, 0.6) is 0 Å². The van der Waals surface area contributed by atoms with Crippen molar-refractivity contribution in [2.45, 2.75) is 39.0 Å². The van der Waals surface area contributed by atoms with Gasteiger partial charge in [0.15, 0.2) is 5.13 Å². The minimum atomic E-state index is -0.903. The Labute approximate surface area is 212 Å². The molecule has 0 N–H and O–H groups in total. The predicted octanol–water partition coefficient (Wildman–Crippen LogP) is 5.71. The van der Waals surface area contributed by atoms with Gasteiger partial charge in [-0.05, 0) is 68.0 Å². The predicted molar refractivity (Wildman–Crippen MR) is 142 cm³/mol. The third kappa shape index (κ3) is 4.64. The fraction of sp³-hybridized carbons (Fsp3) is 0.385. The maximum Gasteiger partial charge on any atom is 0.191 e. The van der Waals surface area contributed by atoms with Crippen molar-refractivity contribution >= 4 is 38.9 Å². The van der Waals surface area contributed by atoms with Crippen molar-refractivity contribution in [3.05, 3.63) is 64.5 Å². The number of thiazole rings is 1. The summed E-state index contributed by atoms with van der Waals surface area (Å²) < 4.78 is 29.5. The highest BCUT2D eigenvalue weighted by Crippen LogP contribution is 2.37. The Morgan fingerprint density at radius 2 is 1.86 bits per heavy atom. The lowest BCUT2D eigenvalue weighted by atomic mass is 9.91. The first-order chi connectivity index (χ1) is 16.9. The lowest BCUT2D eigenvalue weighted by Gasteiger charge is -2.30. The number of aromatic nitrogens is 3. The van der Waals surface area contributed by atoms with Gasteiger partial charge in [0.05, 0.1) is 22.4 Å². The van der Waals surface area contributed by atoms with Crippen LogP contribution < -0.4 is 4.90 Å². The molecular weight excluding hydrogens is 481 g/mol. The summed E-state index contributed by atoms with van der Waals surface area (Å²) in [5, 5.41) is 0.877. The van der Waals surface area contributed by atoms with E-state index in [-0.39, 0.29) is 5.82 Å². The second-order valence-corrected chi connectivity index (χ2v) is 11.6. The van der Waals surface area contributed by atoms with Gasteiger partial charge < -0.3 is 4.90 Å². The third-order valence-corrected chi connectivity index (χ3v) is 8.96. The van der Waals surface area contributed by atoms with Crippen LogP contribution in [0.1, 0.15) is 41.8 Å². The molecule has 0 aliphatic carbocycles. The fourth-order valence-electron chi connectivity index (χ4n) is 4.87. The van der Waals surface area contributed by atoms with Gasteiger partial charge in [-0.2, -0.15) is 0 Å². The summed E-state index contributed by atoms with van der Waals surface area (Å²) in [5.41, 5.74) is 5.03. The molecule has 1 aromatic carbocycles. The monoisotopic (exact) mass is 511 g/mol. The van der Waals surface area contributed by atoms with Crippen molar-refractivity contribution in [2.24, 2.45) is 0 Å². The fourth-order valence-corrected chi connectivity index (χ4v) is 6.49. The van der Waals surface area contributed by atoms with Crippen LogP contribution in [-0.4, -0.2) is 49.3 Å². The number of halogens is 1. The Morgan fingerprint density at radius 1 is 1.14 bits per heavy atom. The van der Waals surface area contributed by atoms with Crippen molar-refractivity contribution in [1.82, 2.24) is 18.7 Å². The maximum absolute atomic E-state index is 13.4. The molecule has 1 atom stereocenters. The number of piperidine rings is 1. The van der Waals surface area contributed by atoms with Crippen molar-refractivity contribution < 1.29 is 8.60 Å². The van der Waals surface area contributed by atoms with E-state index in [1.54, 1.807) is 29.7 Å². The largest absolute Gasteiger partial charge is 0.305 e. The summed E-state index contributed by atoms with van der Waals surface area (Å²) in [4.78, 5) is 13.0. The molecule has 1 fully saturated rings. The van der Waals surface area contributed by atoms with E-state index in [9.17, 15) is 8.60 Å². The highest BCUT2D eigenvalue weighted by Gasteiger charge is 2.25. The molecule has 1 saturated heterocycles. The van der Waals surface area contributed by atoms with Crippen LogP contribution >= 0.6 is 11.3 Å². The molecule has 0 radical (unpaired) electrons. The molecule has 6 nitrogen and oxygen atoms in total. The topological polar surface area (TPSA) is 53.7 Å². The van der Waals surface area contributed by atoms with E-state index < -0.39 is 11.0 Å². The molecule has 5 rings (SSSR count). The van der Waals surface area contributed by atoms with Gasteiger partial charge >= 0.3 is 0 Å². The van der Waals surface area contributed by atoms with Crippen molar-refractivity contribution in [1.29, 1.82) is 0 Å². The van der Waals surface area contributed by atoms with Crippen molar-refractivity contribution in [3.8, 4) is 11.3 Å². The maximum atomic E-state index is 13.4. The zero-order valence-corrected chi connectivity index (χ0v) is 22.1. The summed E-state index contributed by atoms with van der Waals surface area (Å²) in [6.07, 6.45) is 6.79. The number of aryl methyl sites for hydroxylation is 2. The molecule has 1 aliphatic rings. The number of fused-ring (bicyclic) bond motifs is 1. The van der Waals surface area contributed by atoms with Gasteiger partial charge in [-0.3, -0.25) is 4.40 Å². The van der Waals surface area contributed by atoms with Gasteiger partial charge in [0.2, 0.25) is 0 Å². The minimum absolute atomic E-state index is 0.248. The number of rotatable bonds is 6. The van der Waals surface area contributed by atoms with E-state index in [1.165, 1.54) is 17.7 Å². The number of imidazole rings is 1. The van der Waals surface area contributed by atoms with Crippen LogP contribution in [0.2, 0.25) is 0 Å². The molecule has 0 saturated carbocycles. The summed E-state index contributed by atoms with van der Waals surface area (Å²) in [5.74, 6) is 1.22. The molecule has 0 spiro atoms. The van der Waals surface area contributed by atoms with Crippen LogP contribution in [0.15, 0.2) is 42.6 Å². The molecule has 0 amide bonds. The average Bonchev–Trinajstić information content (AvgIpc) is 3.44. The normalized spacial score (nSPS) is 16.1. The first-order valence-electron chi connectivity index (χ1n) is 11.9. The molecule has 4 heterocycles. The van der Waals surface area contributed by atoms with E-state index in [4.69, 9.17) is 9.97 Å². The molecule has 35 heavy (non-hydrogen) atoms. The molecule has 9 heteroatoms. The Balaban J connectivity index is 1.50. The van der Waals surface area contributed by atoms with Gasteiger partial charge in [-0.1, -0.05) is 13.0 Å². The molecule has 1 aliphatic heterocycles. The molecule has 4 aromatic rings. The van der Waals surface area contributed by atoms with E-state index in [0.29, 0.717) is 5.92 Å². The van der Waals surface area contributed by atoms with Gasteiger partial charge in [0.1, 0.15) is 17.3 Å². The summed E-state index contributed by atoms with van der Waals surface area (Å²) in [6, 6.07) is 10.8. The van der Waals surface area contributed by atoms with Crippen LogP contribution in [0.3, 0.4) is 0 Å². The van der Waals surface area contributed by atoms with Crippen LogP contribution in [0.25, 0.3) is 16.9 Å². The molecule has 3 aromatic heterocycles. The molecule has 184 valence electrons. The lowest BCUT2D eigenvalue weighted by Crippen LogP contribution is -2.33. The SMILES string of the molecule is CCc1nc2ccc(C3CCN(S(C)=O)CC3)cn2c1N(C)c1nc(-c2ccc(F)cc2)c(C)s1. The lowest BCUT2D eigenvalue weighted by molar-refractivity contribution is 0.335. The molecule has 1 unspecified atom stereocenters. The van der Waals surface area contributed by atoms with E-state index in [0.717, 1.165) is 70.8 Å². The smallest absolute Gasteiger partial charge is 0.191 e. The van der Waals surface area contributed by atoms with Crippen LogP contribution in [-0.2, 0) is 17.4 Å². The highest BCUT2D eigenvalue weighted by atomic mass is 32.2.